The zero-order valence-electron chi connectivity index (χ0n) is 12.1. The van der Waals surface area contributed by atoms with E-state index in [4.69, 9.17) is 19.9 Å². The molecule has 0 bridgehead atoms. The SMILES string of the molecule is CCCn1nc(C)c(N)c1OCCOCCCOC. The number of ether oxygens (including phenoxy) is 3. The Balaban J connectivity index is 2.32. The first-order valence-corrected chi connectivity index (χ1v) is 6.73. The molecule has 1 aromatic rings. The fourth-order valence-corrected chi connectivity index (χ4v) is 1.69. The molecule has 1 aromatic heterocycles. The van der Waals surface area contributed by atoms with Gasteiger partial charge in [0.25, 0.3) is 0 Å². The maximum atomic E-state index is 5.95. The van der Waals surface area contributed by atoms with Crippen molar-refractivity contribution in [2.75, 3.05) is 39.3 Å². The number of aryl methyl sites for hydroxylation is 2. The van der Waals surface area contributed by atoms with E-state index in [1.807, 2.05) is 11.6 Å². The number of anilines is 1. The zero-order chi connectivity index (χ0) is 14.1. The lowest BCUT2D eigenvalue weighted by Gasteiger charge is -2.09. The van der Waals surface area contributed by atoms with Gasteiger partial charge in [0.2, 0.25) is 5.88 Å². The molecule has 0 aromatic carbocycles. The lowest BCUT2D eigenvalue weighted by atomic mass is 10.4. The maximum Gasteiger partial charge on any atom is 0.236 e. The van der Waals surface area contributed by atoms with Crippen LogP contribution in [0.3, 0.4) is 0 Å². The number of rotatable bonds is 10. The summed E-state index contributed by atoms with van der Waals surface area (Å²) >= 11 is 0. The van der Waals surface area contributed by atoms with E-state index in [2.05, 4.69) is 12.0 Å². The van der Waals surface area contributed by atoms with Gasteiger partial charge in [-0.3, -0.25) is 0 Å². The predicted molar refractivity (Wildman–Crippen MR) is 74.5 cm³/mol. The van der Waals surface area contributed by atoms with Crippen LogP contribution in [0.1, 0.15) is 25.5 Å². The van der Waals surface area contributed by atoms with Gasteiger partial charge in [0.15, 0.2) is 0 Å². The molecule has 0 aliphatic heterocycles. The smallest absolute Gasteiger partial charge is 0.236 e. The number of hydrogen-bond acceptors (Lipinski definition) is 5. The molecule has 0 saturated heterocycles. The highest BCUT2D eigenvalue weighted by Gasteiger charge is 2.13. The monoisotopic (exact) mass is 271 g/mol. The molecule has 6 nitrogen and oxygen atoms in total. The zero-order valence-corrected chi connectivity index (χ0v) is 12.1. The number of aromatic nitrogens is 2. The van der Waals surface area contributed by atoms with Gasteiger partial charge in [0, 0.05) is 26.9 Å². The first-order valence-electron chi connectivity index (χ1n) is 6.73. The molecule has 0 aliphatic rings. The minimum Gasteiger partial charge on any atom is -0.474 e. The second kappa shape index (κ2) is 8.77. The summed E-state index contributed by atoms with van der Waals surface area (Å²) in [6.07, 6.45) is 1.88. The van der Waals surface area contributed by atoms with Crippen molar-refractivity contribution in [3.05, 3.63) is 5.69 Å². The largest absolute Gasteiger partial charge is 0.474 e. The summed E-state index contributed by atoms with van der Waals surface area (Å²) in [6.45, 7) is 7.20. The predicted octanol–water partition coefficient (Wildman–Crippen LogP) is 1.62. The van der Waals surface area contributed by atoms with Gasteiger partial charge in [-0.1, -0.05) is 6.92 Å². The number of methoxy groups -OCH3 is 1. The first kappa shape index (κ1) is 15.8. The number of nitrogen functional groups attached to an aromatic ring is 1. The third-order valence-corrected chi connectivity index (χ3v) is 2.66. The van der Waals surface area contributed by atoms with Crippen LogP contribution in [0.25, 0.3) is 0 Å². The number of hydrogen-bond donors (Lipinski definition) is 1. The normalized spacial score (nSPS) is 10.9. The molecular formula is C13H25N3O3. The standard InChI is InChI=1S/C13H25N3O3/c1-4-6-16-13(12(14)11(2)15-16)19-10-9-18-8-5-7-17-3/h4-10,14H2,1-3H3. The molecule has 0 spiro atoms. The van der Waals surface area contributed by atoms with Gasteiger partial charge in [-0.05, 0) is 19.8 Å². The van der Waals surface area contributed by atoms with Crippen LogP contribution in [0, 0.1) is 6.92 Å². The Bertz CT molecular complexity index is 366. The van der Waals surface area contributed by atoms with E-state index in [-0.39, 0.29) is 0 Å². The first-order chi connectivity index (χ1) is 9.20. The third kappa shape index (κ3) is 5.08. The number of nitrogens with zero attached hydrogens (tertiary/aromatic N) is 2. The minimum absolute atomic E-state index is 0.478. The number of nitrogens with two attached hydrogens (primary N) is 1. The molecule has 1 heterocycles. The lowest BCUT2D eigenvalue weighted by Crippen LogP contribution is -2.12. The van der Waals surface area contributed by atoms with Gasteiger partial charge >= 0.3 is 0 Å². The van der Waals surface area contributed by atoms with Crippen LogP contribution in [0.4, 0.5) is 5.69 Å². The Morgan fingerprint density at radius 1 is 1.21 bits per heavy atom. The molecule has 0 unspecified atom stereocenters. The van der Waals surface area contributed by atoms with Gasteiger partial charge < -0.3 is 19.9 Å². The van der Waals surface area contributed by atoms with E-state index in [9.17, 15) is 0 Å². The summed E-state index contributed by atoms with van der Waals surface area (Å²) in [7, 11) is 1.68. The van der Waals surface area contributed by atoms with Crippen molar-refractivity contribution in [1.82, 2.24) is 9.78 Å². The van der Waals surface area contributed by atoms with Crippen LogP contribution in [0.5, 0.6) is 5.88 Å². The van der Waals surface area contributed by atoms with Crippen molar-refractivity contribution in [3.8, 4) is 5.88 Å². The van der Waals surface area contributed by atoms with Crippen molar-refractivity contribution >= 4 is 5.69 Å². The van der Waals surface area contributed by atoms with E-state index in [0.29, 0.717) is 31.4 Å². The molecule has 0 fully saturated rings. The average Bonchev–Trinajstić information content (AvgIpc) is 2.65. The Morgan fingerprint density at radius 3 is 2.68 bits per heavy atom. The second-order valence-electron chi connectivity index (χ2n) is 4.33. The fourth-order valence-electron chi connectivity index (χ4n) is 1.69. The van der Waals surface area contributed by atoms with Crippen molar-refractivity contribution in [1.29, 1.82) is 0 Å². The van der Waals surface area contributed by atoms with Crippen LogP contribution >= 0.6 is 0 Å². The van der Waals surface area contributed by atoms with Crippen LogP contribution in [0.2, 0.25) is 0 Å². The van der Waals surface area contributed by atoms with Crippen molar-refractivity contribution in [3.63, 3.8) is 0 Å². The molecule has 2 N–H and O–H groups in total. The molecule has 0 atom stereocenters. The van der Waals surface area contributed by atoms with Crippen molar-refractivity contribution in [2.24, 2.45) is 0 Å². The molecule has 19 heavy (non-hydrogen) atoms. The summed E-state index contributed by atoms with van der Waals surface area (Å²) in [5, 5.41) is 4.35. The van der Waals surface area contributed by atoms with Crippen LogP contribution < -0.4 is 10.5 Å². The van der Waals surface area contributed by atoms with E-state index in [0.717, 1.165) is 31.7 Å². The quantitative estimate of drug-likeness (QED) is 0.655. The molecular weight excluding hydrogens is 246 g/mol. The van der Waals surface area contributed by atoms with Gasteiger partial charge in [-0.2, -0.15) is 5.10 Å². The highest BCUT2D eigenvalue weighted by Crippen LogP contribution is 2.24. The van der Waals surface area contributed by atoms with Crippen LogP contribution in [-0.4, -0.2) is 43.3 Å². The van der Waals surface area contributed by atoms with Gasteiger partial charge in [-0.15, -0.1) is 0 Å². The molecule has 1 rings (SSSR count). The second-order valence-corrected chi connectivity index (χ2v) is 4.33. The van der Waals surface area contributed by atoms with Crippen molar-refractivity contribution < 1.29 is 14.2 Å². The van der Waals surface area contributed by atoms with E-state index >= 15 is 0 Å². The summed E-state index contributed by atoms with van der Waals surface area (Å²) in [5.74, 6) is 0.653. The van der Waals surface area contributed by atoms with Gasteiger partial charge in [-0.25, -0.2) is 4.68 Å². The molecule has 110 valence electrons. The lowest BCUT2D eigenvalue weighted by molar-refractivity contribution is 0.0783. The molecule has 0 radical (unpaired) electrons. The van der Waals surface area contributed by atoms with Gasteiger partial charge in [0.1, 0.15) is 12.3 Å². The average molecular weight is 271 g/mol. The summed E-state index contributed by atoms with van der Waals surface area (Å²) in [4.78, 5) is 0. The Kier molecular flexibility index (Phi) is 7.28. The Labute approximate surface area is 114 Å². The Hall–Kier alpha value is -1.27. The molecule has 0 saturated carbocycles. The molecule has 0 amide bonds. The maximum absolute atomic E-state index is 5.95. The highest BCUT2D eigenvalue weighted by molar-refractivity contribution is 5.52. The summed E-state index contributed by atoms with van der Waals surface area (Å²) in [5.41, 5.74) is 7.38. The fraction of sp³-hybridized carbons (Fsp3) is 0.769. The van der Waals surface area contributed by atoms with Crippen molar-refractivity contribution in [2.45, 2.75) is 33.2 Å². The van der Waals surface area contributed by atoms with E-state index < -0.39 is 0 Å². The Morgan fingerprint density at radius 2 is 2.00 bits per heavy atom. The third-order valence-electron chi connectivity index (χ3n) is 2.66. The minimum atomic E-state index is 0.478. The van der Waals surface area contributed by atoms with Gasteiger partial charge in [0.05, 0.1) is 12.3 Å². The summed E-state index contributed by atoms with van der Waals surface area (Å²) < 4.78 is 17.9. The molecule has 6 heteroatoms. The van der Waals surface area contributed by atoms with E-state index in [1.54, 1.807) is 7.11 Å². The molecule has 0 aliphatic carbocycles. The van der Waals surface area contributed by atoms with Crippen LogP contribution in [0.15, 0.2) is 0 Å². The van der Waals surface area contributed by atoms with E-state index in [1.165, 1.54) is 0 Å². The topological polar surface area (TPSA) is 71.5 Å². The summed E-state index contributed by atoms with van der Waals surface area (Å²) in [6, 6.07) is 0. The van der Waals surface area contributed by atoms with Crippen LogP contribution in [-0.2, 0) is 16.0 Å². The highest BCUT2D eigenvalue weighted by atomic mass is 16.5.